The van der Waals surface area contributed by atoms with E-state index in [1.165, 1.54) is 12.0 Å². The van der Waals surface area contributed by atoms with Crippen LogP contribution in [0.4, 0.5) is 0 Å². The zero-order valence-corrected chi connectivity index (χ0v) is 13.4. The summed E-state index contributed by atoms with van der Waals surface area (Å²) in [4.78, 5) is 20.1. The molecular formula is C18H26N2O. The monoisotopic (exact) mass is 286 g/mol. The van der Waals surface area contributed by atoms with Gasteiger partial charge in [-0.05, 0) is 57.3 Å². The molecule has 1 fully saturated rings. The van der Waals surface area contributed by atoms with E-state index < -0.39 is 0 Å². The van der Waals surface area contributed by atoms with Gasteiger partial charge in [0.1, 0.15) is 0 Å². The number of aryl methyl sites for hydroxylation is 1. The van der Waals surface area contributed by atoms with Crippen molar-refractivity contribution in [3.05, 3.63) is 29.6 Å². The normalized spacial score (nSPS) is 32.2. The number of ketones is 1. The molecule has 3 atom stereocenters. The number of Topliss-reactive ketones (excluding diaryl/α,β-unsaturated/α-hetero) is 1. The lowest BCUT2D eigenvalue weighted by Crippen LogP contribution is -2.55. The molecule has 1 saturated carbocycles. The van der Waals surface area contributed by atoms with Crippen LogP contribution in [0, 0.1) is 5.92 Å². The molecule has 0 saturated heterocycles. The Labute approximate surface area is 127 Å². The molecule has 1 heterocycles. The average molecular weight is 286 g/mol. The Morgan fingerprint density at radius 2 is 2.19 bits per heavy atom. The number of hydrogen-bond acceptors (Lipinski definition) is 3. The molecule has 0 radical (unpaired) electrons. The molecule has 3 rings (SSSR count). The summed E-state index contributed by atoms with van der Waals surface area (Å²) >= 11 is 0. The zero-order chi connectivity index (χ0) is 15.0. The molecule has 21 heavy (non-hydrogen) atoms. The lowest BCUT2D eigenvalue weighted by atomic mass is 9.70. The molecule has 0 spiro atoms. The van der Waals surface area contributed by atoms with E-state index in [0.717, 1.165) is 37.8 Å². The van der Waals surface area contributed by atoms with Gasteiger partial charge in [-0.3, -0.25) is 14.7 Å². The van der Waals surface area contributed by atoms with E-state index in [9.17, 15) is 4.79 Å². The highest BCUT2D eigenvalue weighted by Gasteiger charge is 2.47. The molecule has 0 aromatic carbocycles. The minimum absolute atomic E-state index is 0.00824. The fourth-order valence-electron chi connectivity index (χ4n) is 4.37. The Morgan fingerprint density at radius 1 is 1.38 bits per heavy atom. The minimum atomic E-state index is -0.276. The lowest BCUT2D eigenvalue weighted by molar-refractivity contribution is -0.134. The summed E-state index contributed by atoms with van der Waals surface area (Å²) in [7, 11) is 4.15. The van der Waals surface area contributed by atoms with Gasteiger partial charge in [-0.2, -0.15) is 0 Å². The molecular weight excluding hydrogens is 260 g/mol. The van der Waals surface area contributed by atoms with Crippen LogP contribution in [0.3, 0.4) is 0 Å². The van der Waals surface area contributed by atoms with E-state index in [0.29, 0.717) is 11.7 Å². The molecule has 1 aromatic heterocycles. The molecule has 114 valence electrons. The van der Waals surface area contributed by atoms with Gasteiger partial charge in [0.05, 0.1) is 17.2 Å². The van der Waals surface area contributed by atoms with E-state index in [1.54, 1.807) is 0 Å². The Bertz CT molecular complexity index is 540. The largest absolute Gasteiger partial charge is 0.297 e. The predicted molar refractivity (Wildman–Crippen MR) is 84.4 cm³/mol. The topological polar surface area (TPSA) is 33.2 Å². The third-order valence-corrected chi connectivity index (χ3v) is 5.56. The van der Waals surface area contributed by atoms with Gasteiger partial charge in [-0.1, -0.05) is 25.8 Å². The first-order valence-electron chi connectivity index (χ1n) is 8.20. The lowest BCUT2D eigenvalue weighted by Gasteiger charge is -2.45. The summed E-state index contributed by atoms with van der Waals surface area (Å²) in [5, 5.41) is 0. The maximum Gasteiger partial charge on any atom is 0.162 e. The first-order valence-corrected chi connectivity index (χ1v) is 8.20. The molecule has 0 aliphatic heterocycles. The summed E-state index contributed by atoms with van der Waals surface area (Å²) in [6, 6.07) is 4.11. The fourth-order valence-corrected chi connectivity index (χ4v) is 4.37. The summed E-state index contributed by atoms with van der Waals surface area (Å²) < 4.78 is 0. The van der Waals surface area contributed by atoms with E-state index in [4.69, 9.17) is 0 Å². The van der Waals surface area contributed by atoms with Crippen LogP contribution < -0.4 is 0 Å². The molecule has 0 N–H and O–H groups in total. The molecule has 3 heteroatoms. The summed E-state index contributed by atoms with van der Waals surface area (Å²) in [6.07, 6.45) is 8.18. The van der Waals surface area contributed by atoms with Gasteiger partial charge in [-0.15, -0.1) is 0 Å². The standard InChI is InChI=1S/C18H26N2O/c1-13-6-4-10-18(12-13,20(2)3)17(21)15-9-8-14-7-5-11-19-16(14)15/h5,7,11,13,15H,4,6,8-10,12H2,1-3H3. The average Bonchev–Trinajstić information content (AvgIpc) is 2.90. The van der Waals surface area contributed by atoms with Gasteiger partial charge < -0.3 is 0 Å². The van der Waals surface area contributed by atoms with Gasteiger partial charge in [0, 0.05) is 6.20 Å². The predicted octanol–water partition coefficient (Wildman–Crippen LogP) is 3.19. The number of carbonyl (C=O) groups is 1. The van der Waals surface area contributed by atoms with E-state index in [2.05, 4.69) is 37.0 Å². The molecule has 0 bridgehead atoms. The van der Waals surface area contributed by atoms with Crippen molar-refractivity contribution in [1.82, 2.24) is 9.88 Å². The molecule has 0 amide bonds. The first kappa shape index (κ1) is 14.7. The van der Waals surface area contributed by atoms with Crippen LogP contribution in [0.2, 0.25) is 0 Å². The zero-order valence-electron chi connectivity index (χ0n) is 13.4. The van der Waals surface area contributed by atoms with Crippen molar-refractivity contribution < 1.29 is 4.79 Å². The Morgan fingerprint density at radius 3 is 2.90 bits per heavy atom. The molecule has 1 aromatic rings. The minimum Gasteiger partial charge on any atom is -0.297 e. The van der Waals surface area contributed by atoms with Gasteiger partial charge in [0.25, 0.3) is 0 Å². The summed E-state index contributed by atoms with van der Waals surface area (Å²) in [5.74, 6) is 1.06. The number of likely N-dealkylation sites (N-methyl/N-ethyl adjacent to an activating group) is 1. The fraction of sp³-hybridized carbons (Fsp3) is 0.667. The number of rotatable bonds is 3. The highest BCUT2D eigenvalue weighted by molar-refractivity contribution is 5.94. The van der Waals surface area contributed by atoms with E-state index >= 15 is 0 Å². The molecule has 2 aliphatic carbocycles. The van der Waals surface area contributed by atoms with Crippen LogP contribution in [0.5, 0.6) is 0 Å². The SMILES string of the molecule is CC1CCCC(C(=O)C2CCc3cccnc32)(N(C)C)C1. The highest BCUT2D eigenvalue weighted by atomic mass is 16.1. The Hall–Kier alpha value is -1.22. The van der Waals surface area contributed by atoms with Crippen LogP contribution in [0.15, 0.2) is 18.3 Å². The quantitative estimate of drug-likeness (QED) is 0.855. The smallest absolute Gasteiger partial charge is 0.162 e. The van der Waals surface area contributed by atoms with Crippen molar-refractivity contribution in [2.24, 2.45) is 5.92 Å². The summed E-state index contributed by atoms with van der Waals surface area (Å²) in [5.41, 5.74) is 2.04. The number of nitrogens with zero attached hydrogens (tertiary/aromatic N) is 2. The van der Waals surface area contributed by atoms with Crippen LogP contribution in [-0.4, -0.2) is 35.3 Å². The van der Waals surface area contributed by atoms with Crippen LogP contribution >= 0.6 is 0 Å². The van der Waals surface area contributed by atoms with Gasteiger partial charge in [0.2, 0.25) is 0 Å². The third-order valence-electron chi connectivity index (χ3n) is 5.56. The van der Waals surface area contributed by atoms with E-state index in [-0.39, 0.29) is 11.5 Å². The van der Waals surface area contributed by atoms with Crippen molar-refractivity contribution in [3.63, 3.8) is 0 Å². The first-order chi connectivity index (χ1) is 10.0. The number of pyridine rings is 1. The number of fused-ring (bicyclic) bond motifs is 1. The maximum absolute atomic E-state index is 13.4. The molecule has 3 unspecified atom stereocenters. The second kappa shape index (κ2) is 5.53. The van der Waals surface area contributed by atoms with Crippen LogP contribution in [-0.2, 0) is 11.2 Å². The second-order valence-corrected chi connectivity index (χ2v) is 7.13. The van der Waals surface area contributed by atoms with Crippen molar-refractivity contribution in [2.45, 2.75) is 56.9 Å². The van der Waals surface area contributed by atoms with Crippen LogP contribution in [0.1, 0.15) is 56.2 Å². The second-order valence-electron chi connectivity index (χ2n) is 7.13. The molecule has 3 nitrogen and oxygen atoms in total. The number of aromatic nitrogens is 1. The number of carbonyl (C=O) groups excluding carboxylic acids is 1. The Balaban J connectivity index is 1.93. The van der Waals surface area contributed by atoms with Crippen molar-refractivity contribution in [2.75, 3.05) is 14.1 Å². The number of hydrogen-bond donors (Lipinski definition) is 0. The van der Waals surface area contributed by atoms with Gasteiger partial charge in [0.15, 0.2) is 5.78 Å². The van der Waals surface area contributed by atoms with Crippen LogP contribution in [0.25, 0.3) is 0 Å². The van der Waals surface area contributed by atoms with Crippen molar-refractivity contribution in [1.29, 1.82) is 0 Å². The van der Waals surface area contributed by atoms with E-state index in [1.807, 2.05) is 12.3 Å². The highest BCUT2D eigenvalue weighted by Crippen LogP contribution is 2.43. The summed E-state index contributed by atoms with van der Waals surface area (Å²) in [6.45, 7) is 2.28. The Kier molecular flexibility index (Phi) is 3.87. The molecule has 2 aliphatic rings. The van der Waals surface area contributed by atoms with Crippen molar-refractivity contribution >= 4 is 5.78 Å². The van der Waals surface area contributed by atoms with Crippen molar-refractivity contribution in [3.8, 4) is 0 Å². The van der Waals surface area contributed by atoms with Gasteiger partial charge in [-0.25, -0.2) is 0 Å². The van der Waals surface area contributed by atoms with Gasteiger partial charge >= 0.3 is 0 Å². The maximum atomic E-state index is 13.4. The third kappa shape index (κ3) is 2.42.